The molecule has 0 aliphatic heterocycles. The van der Waals surface area contributed by atoms with Crippen LogP contribution in [0.4, 0.5) is 0 Å². The van der Waals surface area contributed by atoms with Crippen LogP contribution in [0.2, 0.25) is 0 Å². The summed E-state index contributed by atoms with van der Waals surface area (Å²) in [6.45, 7) is 6.79. The highest BCUT2D eigenvalue weighted by Gasteiger charge is 2.47. The van der Waals surface area contributed by atoms with E-state index in [1.54, 1.807) is 0 Å². The maximum Gasteiger partial charge on any atom is 0.163 e. The van der Waals surface area contributed by atoms with Crippen molar-refractivity contribution in [3.05, 3.63) is 34.9 Å². The van der Waals surface area contributed by atoms with E-state index in [2.05, 4.69) is 39.0 Å². The molecule has 0 spiro atoms. The maximum atomic E-state index is 12.4. The van der Waals surface area contributed by atoms with Crippen LogP contribution >= 0.6 is 0 Å². The zero-order chi connectivity index (χ0) is 12.9. The fourth-order valence-corrected chi connectivity index (χ4v) is 4.26. The SMILES string of the molecule is Cc1ccc2c(c1)C(=O)CC1[C@@H](C)CCC[C@]21C. The second-order valence-electron chi connectivity index (χ2n) is 6.57. The van der Waals surface area contributed by atoms with Crippen LogP contribution < -0.4 is 0 Å². The van der Waals surface area contributed by atoms with E-state index in [9.17, 15) is 4.79 Å². The summed E-state index contributed by atoms with van der Waals surface area (Å²) >= 11 is 0. The average molecular weight is 242 g/mol. The van der Waals surface area contributed by atoms with Crippen LogP contribution in [0, 0.1) is 18.8 Å². The predicted octanol–water partition coefficient (Wildman–Crippen LogP) is 4.28. The molecule has 18 heavy (non-hydrogen) atoms. The lowest BCUT2D eigenvalue weighted by Crippen LogP contribution is -2.45. The molecular weight excluding hydrogens is 220 g/mol. The first-order chi connectivity index (χ1) is 8.52. The molecule has 1 saturated carbocycles. The number of rotatable bonds is 0. The minimum atomic E-state index is 0.231. The van der Waals surface area contributed by atoms with Gasteiger partial charge in [-0.25, -0.2) is 0 Å². The van der Waals surface area contributed by atoms with Crippen LogP contribution in [0.15, 0.2) is 18.2 Å². The standard InChI is InChI=1S/C17H22O/c1-11-6-7-14-13(9-11)16(18)10-15-12(2)5-4-8-17(14,15)3/h6-7,9,12,15H,4-5,8,10H2,1-3H3/t12-,15?,17+/m0/s1. The third kappa shape index (κ3) is 1.56. The van der Waals surface area contributed by atoms with Crippen molar-refractivity contribution in [1.29, 1.82) is 0 Å². The second-order valence-corrected chi connectivity index (χ2v) is 6.57. The molecular formula is C17H22O. The van der Waals surface area contributed by atoms with Crippen molar-refractivity contribution in [2.45, 2.75) is 51.9 Å². The Kier molecular flexibility index (Phi) is 2.62. The highest BCUT2D eigenvalue weighted by Crippen LogP contribution is 2.51. The molecule has 0 saturated heterocycles. The van der Waals surface area contributed by atoms with Crippen LogP contribution in [0.1, 0.15) is 61.0 Å². The van der Waals surface area contributed by atoms with Crippen molar-refractivity contribution in [3.8, 4) is 0 Å². The molecule has 0 N–H and O–H groups in total. The number of hydrogen-bond acceptors (Lipinski definition) is 1. The smallest absolute Gasteiger partial charge is 0.163 e. The number of hydrogen-bond donors (Lipinski definition) is 0. The summed E-state index contributed by atoms with van der Waals surface area (Å²) in [6.07, 6.45) is 4.59. The van der Waals surface area contributed by atoms with Gasteiger partial charge in [0, 0.05) is 12.0 Å². The van der Waals surface area contributed by atoms with Crippen molar-refractivity contribution in [2.75, 3.05) is 0 Å². The molecule has 1 heteroatoms. The Balaban J connectivity index is 2.17. The summed E-state index contributed by atoms with van der Waals surface area (Å²) in [5, 5.41) is 0. The summed E-state index contributed by atoms with van der Waals surface area (Å²) in [5.41, 5.74) is 3.76. The highest BCUT2D eigenvalue weighted by atomic mass is 16.1. The van der Waals surface area contributed by atoms with Crippen LogP contribution in [0.5, 0.6) is 0 Å². The van der Waals surface area contributed by atoms with Gasteiger partial charge in [-0.05, 0) is 42.2 Å². The summed E-state index contributed by atoms with van der Waals surface area (Å²) in [5.74, 6) is 1.60. The van der Waals surface area contributed by atoms with Gasteiger partial charge in [0.2, 0.25) is 0 Å². The molecule has 3 atom stereocenters. The van der Waals surface area contributed by atoms with E-state index in [0.717, 1.165) is 12.0 Å². The Labute approximate surface area is 110 Å². The lowest BCUT2D eigenvalue weighted by atomic mass is 9.55. The van der Waals surface area contributed by atoms with Crippen molar-refractivity contribution < 1.29 is 4.79 Å². The molecule has 0 bridgehead atoms. The third-order valence-corrected chi connectivity index (χ3v) is 5.36. The second kappa shape index (κ2) is 3.94. The third-order valence-electron chi connectivity index (χ3n) is 5.36. The number of carbonyl (C=O) groups excluding carboxylic acids is 1. The number of fused-ring (bicyclic) bond motifs is 3. The van der Waals surface area contributed by atoms with Gasteiger partial charge in [-0.1, -0.05) is 44.4 Å². The highest BCUT2D eigenvalue weighted by molar-refractivity contribution is 5.99. The maximum absolute atomic E-state index is 12.4. The Morgan fingerprint density at radius 2 is 2.11 bits per heavy atom. The quantitative estimate of drug-likeness (QED) is 0.664. The summed E-state index contributed by atoms with van der Waals surface area (Å²) in [4.78, 5) is 12.4. The summed E-state index contributed by atoms with van der Waals surface area (Å²) in [7, 11) is 0. The predicted molar refractivity (Wildman–Crippen MR) is 74.0 cm³/mol. The van der Waals surface area contributed by atoms with Crippen molar-refractivity contribution >= 4 is 5.78 Å². The van der Waals surface area contributed by atoms with Gasteiger partial charge in [-0.15, -0.1) is 0 Å². The minimum Gasteiger partial charge on any atom is -0.294 e. The summed E-state index contributed by atoms with van der Waals surface area (Å²) < 4.78 is 0. The molecule has 96 valence electrons. The Bertz CT molecular complexity index is 502. The molecule has 0 heterocycles. The van der Waals surface area contributed by atoms with Gasteiger partial charge in [-0.2, -0.15) is 0 Å². The molecule has 1 unspecified atom stereocenters. The van der Waals surface area contributed by atoms with Gasteiger partial charge >= 0.3 is 0 Å². The molecule has 0 aromatic heterocycles. The molecule has 1 fully saturated rings. The average Bonchev–Trinajstić information content (AvgIpc) is 2.32. The molecule has 0 radical (unpaired) electrons. The first-order valence-electron chi connectivity index (χ1n) is 7.17. The number of benzene rings is 1. The number of aryl methyl sites for hydroxylation is 1. The Morgan fingerprint density at radius 3 is 2.89 bits per heavy atom. The lowest BCUT2D eigenvalue weighted by molar-refractivity contribution is 0.0756. The summed E-state index contributed by atoms with van der Waals surface area (Å²) in [6, 6.07) is 6.48. The first kappa shape index (κ1) is 12.0. The lowest BCUT2D eigenvalue weighted by Gasteiger charge is -2.49. The van der Waals surface area contributed by atoms with Crippen LogP contribution in [-0.4, -0.2) is 5.78 Å². The first-order valence-corrected chi connectivity index (χ1v) is 7.17. The zero-order valence-electron chi connectivity index (χ0n) is 11.6. The topological polar surface area (TPSA) is 17.1 Å². The normalized spacial score (nSPS) is 34.9. The largest absolute Gasteiger partial charge is 0.294 e. The molecule has 2 aliphatic carbocycles. The van der Waals surface area contributed by atoms with Gasteiger partial charge < -0.3 is 0 Å². The Morgan fingerprint density at radius 1 is 1.33 bits per heavy atom. The minimum absolute atomic E-state index is 0.231. The van der Waals surface area contributed by atoms with Crippen LogP contribution in [0.25, 0.3) is 0 Å². The van der Waals surface area contributed by atoms with Gasteiger partial charge in [0.25, 0.3) is 0 Å². The van der Waals surface area contributed by atoms with E-state index in [1.807, 2.05) is 0 Å². The van der Waals surface area contributed by atoms with E-state index in [-0.39, 0.29) is 5.41 Å². The Hall–Kier alpha value is -1.11. The molecule has 0 amide bonds. The van der Waals surface area contributed by atoms with Gasteiger partial charge in [0.15, 0.2) is 5.78 Å². The molecule has 1 aromatic rings. The van der Waals surface area contributed by atoms with E-state index in [1.165, 1.54) is 30.4 Å². The van der Waals surface area contributed by atoms with Crippen LogP contribution in [-0.2, 0) is 5.41 Å². The van der Waals surface area contributed by atoms with Crippen LogP contribution in [0.3, 0.4) is 0 Å². The van der Waals surface area contributed by atoms with E-state index in [0.29, 0.717) is 17.6 Å². The van der Waals surface area contributed by atoms with Gasteiger partial charge in [-0.3, -0.25) is 4.79 Å². The van der Waals surface area contributed by atoms with E-state index >= 15 is 0 Å². The molecule has 3 rings (SSSR count). The van der Waals surface area contributed by atoms with Crippen molar-refractivity contribution in [2.24, 2.45) is 11.8 Å². The molecule has 2 aliphatic rings. The number of Topliss-reactive ketones (excluding diaryl/α,β-unsaturated/α-hetero) is 1. The zero-order valence-corrected chi connectivity index (χ0v) is 11.6. The fourth-order valence-electron chi connectivity index (χ4n) is 4.26. The molecule has 1 aromatic carbocycles. The number of carbonyl (C=O) groups is 1. The van der Waals surface area contributed by atoms with E-state index < -0.39 is 0 Å². The van der Waals surface area contributed by atoms with Crippen molar-refractivity contribution in [1.82, 2.24) is 0 Å². The van der Waals surface area contributed by atoms with Gasteiger partial charge in [0.1, 0.15) is 0 Å². The van der Waals surface area contributed by atoms with E-state index in [4.69, 9.17) is 0 Å². The molecule has 1 nitrogen and oxygen atoms in total. The van der Waals surface area contributed by atoms with Gasteiger partial charge in [0.05, 0.1) is 0 Å². The number of ketones is 1. The van der Waals surface area contributed by atoms with Crippen molar-refractivity contribution in [3.63, 3.8) is 0 Å². The monoisotopic (exact) mass is 242 g/mol. The fraction of sp³-hybridized carbons (Fsp3) is 0.588.